The zero-order valence-corrected chi connectivity index (χ0v) is 14.1. The highest BCUT2D eigenvalue weighted by Gasteiger charge is 2.53. The molecule has 0 bridgehead atoms. The Bertz CT molecular complexity index is 630. The van der Waals surface area contributed by atoms with E-state index < -0.39 is 16.8 Å². The molecule has 0 aromatic heterocycles. The van der Waals surface area contributed by atoms with Gasteiger partial charge in [-0.15, -0.1) is 0 Å². The van der Waals surface area contributed by atoms with Crippen molar-refractivity contribution >= 4 is 11.9 Å². The number of amides is 1. The van der Waals surface area contributed by atoms with Crippen molar-refractivity contribution in [2.75, 3.05) is 13.7 Å². The second-order valence-electron chi connectivity index (χ2n) is 7.11. The fraction of sp³-hybridized carbons (Fsp3) is 0.579. The van der Waals surface area contributed by atoms with Gasteiger partial charge in [0.15, 0.2) is 0 Å². The molecule has 1 aromatic rings. The number of aliphatic carboxylic acids is 1. The normalized spacial score (nSPS) is 20.9. The molecule has 2 saturated carbocycles. The van der Waals surface area contributed by atoms with Gasteiger partial charge in [0.2, 0.25) is 5.91 Å². The third-order valence-corrected chi connectivity index (χ3v) is 5.66. The van der Waals surface area contributed by atoms with Gasteiger partial charge in [0.05, 0.1) is 17.9 Å². The van der Waals surface area contributed by atoms with Gasteiger partial charge in [-0.25, -0.2) is 0 Å². The van der Waals surface area contributed by atoms with Crippen molar-refractivity contribution in [3.8, 4) is 5.75 Å². The Morgan fingerprint density at radius 2 is 1.79 bits per heavy atom. The molecule has 0 aliphatic heterocycles. The number of hydrogen-bond donors (Lipinski definition) is 2. The Balaban J connectivity index is 1.74. The number of benzene rings is 1. The van der Waals surface area contributed by atoms with Crippen molar-refractivity contribution in [1.29, 1.82) is 0 Å². The first-order chi connectivity index (χ1) is 11.5. The van der Waals surface area contributed by atoms with E-state index in [1.807, 2.05) is 24.3 Å². The first-order valence-electron chi connectivity index (χ1n) is 8.69. The minimum absolute atomic E-state index is 0.0711. The number of rotatable bonds is 6. The lowest BCUT2D eigenvalue weighted by Crippen LogP contribution is -2.47. The van der Waals surface area contributed by atoms with Crippen LogP contribution in [0.2, 0.25) is 0 Å². The fourth-order valence-corrected chi connectivity index (χ4v) is 3.90. The van der Waals surface area contributed by atoms with Crippen molar-refractivity contribution in [2.24, 2.45) is 5.41 Å². The summed E-state index contributed by atoms with van der Waals surface area (Å²) in [4.78, 5) is 24.6. The molecular formula is C19H25NO4. The Hall–Kier alpha value is -2.04. The van der Waals surface area contributed by atoms with Crippen molar-refractivity contribution in [1.82, 2.24) is 5.32 Å². The first kappa shape index (κ1) is 16.8. The summed E-state index contributed by atoms with van der Waals surface area (Å²) in [5.74, 6) is -0.140. The maximum atomic E-state index is 12.8. The average Bonchev–Trinajstić information content (AvgIpc) is 3.42. The molecule has 3 rings (SSSR count). The summed E-state index contributed by atoms with van der Waals surface area (Å²) in [6.07, 6.45) is 5.75. The van der Waals surface area contributed by atoms with Crippen LogP contribution in [0.5, 0.6) is 5.75 Å². The van der Waals surface area contributed by atoms with E-state index in [-0.39, 0.29) is 12.5 Å². The summed E-state index contributed by atoms with van der Waals surface area (Å²) < 4.78 is 5.40. The number of methoxy groups -OCH3 is 1. The second-order valence-corrected chi connectivity index (χ2v) is 7.11. The molecule has 5 nitrogen and oxygen atoms in total. The molecule has 2 aliphatic carbocycles. The lowest BCUT2D eigenvalue weighted by molar-refractivity contribution is -0.151. The Morgan fingerprint density at radius 1 is 1.12 bits per heavy atom. The predicted octanol–water partition coefficient (Wildman–Crippen LogP) is 2.88. The van der Waals surface area contributed by atoms with Crippen LogP contribution in [0, 0.1) is 5.41 Å². The van der Waals surface area contributed by atoms with Gasteiger partial charge in [-0.05, 0) is 31.7 Å². The third-order valence-electron chi connectivity index (χ3n) is 5.66. The third kappa shape index (κ3) is 2.87. The maximum absolute atomic E-state index is 12.8. The molecule has 5 heteroatoms. The summed E-state index contributed by atoms with van der Waals surface area (Å²) in [5, 5.41) is 12.6. The van der Waals surface area contributed by atoms with Gasteiger partial charge in [-0.2, -0.15) is 0 Å². The molecule has 2 N–H and O–H groups in total. The number of para-hydroxylation sites is 1. The predicted molar refractivity (Wildman–Crippen MR) is 90.1 cm³/mol. The number of carboxylic acids is 1. The molecule has 0 saturated heterocycles. The molecule has 1 aromatic carbocycles. The van der Waals surface area contributed by atoms with E-state index in [2.05, 4.69) is 5.32 Å². The van der Waals surface area contributed by atoms with Crippen LogP contribution < -0.4 is 10.1 Å². The summed E-state index contributed by atoms with van der Waals surface area (Å²) in [6.45, 7) is 0.220. The molecule has 1 amide bonds. The molecule has 0 spiro atoms. The Labute approximate surface area is 142 Å². The summed E-state index contributed by atoms with van der Waals surface area (Å²) in [6, 6.07) is 7.59. The number of ether oxygens (including phenoxy) is 1. The molecule has 0 heterocycles. The lowest BCUT2D eigenvalue weighted by Gasteiger charge is -2.33. The monoisotopic (exact) mass is 331 g/mol. The van der Waals surface area contributed by atoms with Crippen LogP contribution in [-0.4, -0.2) is 30.6 Å². The largest absolute Gasteiger partial charge is 0.496 e. The number of carbonyl (C=O) groups excluding carboxylic acids is 1. The highest BCUT2D eigenvalue weighted by Crippen LogP contribution is 2.51. The van der Waals surface area contributed by atoms with Crippen molar-refractivity contribution in [3.63, 3.8) is 0 Å². The Kier molecular flexibility index (Phi) is 4.52. The van der Waals surface area contributed by atoms with Gasteiger partial charge in [0.25, 0.3) is 0 Å². The van der Waals surface area contributed by atoms with E-state index in [9.17, 15) is 14.7 Å². The van der Waals surface area contributed by atoms with E-state index in [0.717, 1.165) is 43.4 Å². The first-order valence-corrected chi connectivity index (χ1v) is 8.69. The number of hydrogen-bond acceptors (Lipinski definition) is 3. The lowest BCUT2D eigenvalue weighted by atomic mass is 9.74. The van der Waals surface area contributed by atoms with Gasteiger partial charge in [-0.1, -0.05) is 37.5 Å². The van der Waals surface area contributed by atoms with Crippen molar-refractivity contribution < 1.29 is 19.4 Å². The van der Waals surface area contributed by atoms with E-state index >= 15 is 0 Å². The van der Waals surface area contributed by atoms with Gasteiger partial charge in [0.1, 0.15) is 5.75 Å². The van der Waals surface area contributed by atoms with Crippen molar-refractivity contribution in [2.45, 2.75) is 50.4 Å². The molecule has 2 fully saturated rings. The molecule has 24 heavy (non-hydrogen) atoms. The average molecular weight is 331 g/mol. The summed E-state index contributed by atoms with van der Waals surface area (Å²) >= 11 is 0. The highest BCUT2D eigenvalue weighted by atomic mass is 16.5. The van der Waals surface area contributed by atoms with E-state index in [0.29, 0.717) is 12.8 Å². The molecule has 0 unspecified atom stereocenters. The molecule has 130 valence electrons. The van der Waals surface area contributed by atoms with Gasteiger partial charge < -0.3 is 15.2 Å². The second kappa shape index (κ2) is 6.46. The smallest absolute Gasteiger partial charge is 0.311 e. The van der Waals surface area contributed by atoms with Crippen LogP contribution in [-0.2, 0) is 15.0 Å². The van der Waals surface area contributed by atoms with Crippen LogP contribution in [0.1, 0.15) is 50.5 Å². The summed E-state index contributed by atoms with van der Waals surface area (Å²) in [5.41, 5.74) is -0.454. The maximum Gasteiger partial charge on any atom is 0.311 e. The number of nitrogens with one attached hydrogen (secondary N) is 1. The molecule has 0 atom stereocenters. The number of carbonyl (C=O) groups is 2. The fourth-order valence-electron chi connectivity index (χ4n) is 3.90. The molecule has 2 aliphatic rings. The van der Waals surface area contributed by atoms with E-state index in [1.165, 1.54) is 0 Å². The molecule has 0 radical (unpaired) electrons. The van der Waals surface area contributed by atoms with Gasteiger partial charge in [-0.3, -0.25) is 9.59 Å². The van der Waals surface area contributed by atoms with E-state index in [1.54, 1.807) is 7.11 Å². The van der Waals surface area contributed by atoms with Gasteiger partial charge >= 0.3 is 5.97 Å². The zero-order valence-electron chi connectivity index (χ0n) is 14.1. The Morgan fingerprint density at radius 3 is 2.38 bits per heavy atom. The van der Waals surface area contributed by atoms with Gasteiger partial charge in [0, 0.05) is 12.1 Å². The van der Waals surface area contributed by atoms with Crippen LogP contribution in [0.25, 0.3) is 0 Å². The zero-order chi connectivity index (χ0) is 17.2. The minimum atomic E-state index is -0.801. The van der Waals surface area contributed by atoms with Crippen LogP contribution in [0.4, 0.5) is 0 Å². The molecular weight excluding hydrogens is 306 g/mol. The van der Waals surface area contributed by atoms with Crippen LogP contribution in [0.3, 0.4) is 0 Å². The highest BCUT2D eigenvalue weighted by molar-refractivity contribution is 5.92. The number of carboxylic acid groups (broad SMARTS) is 1. The van der Waals surface area contributed by atoms with Crippen molar-refractivity contribution in [3.05, 3.63) is 29.8 Å². The topological polar surface area (TPSA) is 75.6 Å². The standard InChI is InChI=1S/C19H25NO4/c1-24-15-8-4-3-7-14(15)19(11-12-19)16(21)20-13-18(17(22)23)9-5-2-6-10-18/h3-4,7-8H,2,5-6,9-13H2,1H3,(H,20,21)(H,22,23). The van der Waals surface area contributed by atoms with E-state index in [4.69, 9.17) is 4.74 Å². The minimum Gasteiger partial charge on any atom is -0.496 e. The quantitative estimate of drug-likeness (QED) is 0.840. The SMILES string of the molecule is COc1ccccc1C1(C(=O)NCC2(C(=O)O)CCCCC2)CC1. The summed E-state index contributed by atoms with van der Waals surface area (Å²) in [7, 11) is 1.61. The van der Waals surface area contributed by atoms with Crippen LogP contribution in [0.15, 0.2) is 24.3 Å². The van der Waals surface area contributed by atoms with Crippen LogP contribution >= 0.6 is 0 Å².